The first-order valence-corrected chi connectivity index (χ1v) is 6.64. The smallest absolute Gasteiger partial charge is 0.313 e. The summed E-state index contributed by atoms with van der Waals surface area (Å²) in [6.07, 6.45) is 5.17. The van der Waals surface area contributed by atoms with Crippen LogP contribution in [0.15, 0.2) is 29.8 Å². The summed E-state index contributed by atoms with van der Waals surface area (Å²) in [6, 6.07) is 8.40. The van der Waals surface area contributed by atoms with Gasteiger partial charge in [0.25, 0.3) is 0 Å². The van der Waals surface area contributed by atoms with Crippen LogP contribution in [0, 0.1) is 12.8 Å². The lowest BCUT2D eigenvalue weighted by atomic mass is 10.00. The lowest BCUT2D eigenvalue weighted by Gasteiger charge is -2.10. The molecule has 0 radical (unpaired) electrons. The number of hydrogen-bond donors (Lipinski definition) is 0. The number of benzene rings is 1. The van der Waals surface area contributed by atoms with Crippen LogP contribution in [0.1, 0.15) is 37.3 Å². The van der Waals surface area contributed by atoms with Gasteiger partial charge in [0.05, 0.1) is 12.5 Å². The zero-order valence-electron chi connectivity index (χ0n) is 11.1. The third-order valence-electron chi connectivity index (χ3n) is 3.41. The van der Waals surface area contributed by atoms with Crippen molar-refractivity contribution in [3.05, 3.63) is 41.0 Å². The Balaban J connectivity index is 2.15. The third kappa shape index (κ3) is 3.00. The van der Waals surface area contributed by atoms with Gasteiger partial charge in [-0.1, -0.05) is 41.5 Å². The van der Waals surface area contributed by atoms with Crippen molar-refractivity contribution in [2.45, 2.75) is 33.1 Å². The van der Waals surface area contributed by atoms with Crippen LogP contribution in [0.25, 0.3) is 6.08 Å². The van der Waals surface area contributed by atoms with Crippen LogP contribution in [0.5, 0.6) is 0 Å². The minimum atomic E-state index is -0.0617. The fraction of sp³-hybridized carbons (Fsp3) is 0.438. The van der Waals surface area contributed by atoms with Gasteiger partial charge in [0.15, 0.2) is 0 Å². The largest absolute Gasteiger partial charge is 0.466 e. The number of carbonyl (C=O) groups excluding carboxylic acids is 1. The van der Waals surface area contributed by atoms with Crippen molar-refractivity contribution in [2.75, 3.05) is 6.61 Å². The first kappa shape index (κ1) is 12.9. The second kappa shape index (κ2) is 5.85. The second-order valence-electron chi connectivity index (χ2n) is 4.83. The van der Waals surface area contributed by atoms with Crippen molar-refractivity contribution in [2.24, 2.45) is 5.92 Å². The van der Waals surface area contributed by atoms with Gasteiger partial charge in [-0.05, 0) is 38.7 Å². The number of rotatable bonds is 3. The van der Waals surface area contributed by atoms with Crippen LogP contribution in [0.3, 0.4) is 0 Å². The summed E-state index contributed by atoms with van der Waals surface area (Å²) in [6.45, 7) is 4.40. The molecule has 1 aromatic rings. The fourth-order valence-corrected chi connectivity index (χ4v) is 2.43. The van der Waals surface area contributed by atoms with E-state index in [2.05, 4.69) is 37.3 Å². The highest BCUT2D eigenvalue weighted by Gasteiger charge is 2.28. The highest BCUT2D eigenvalue weighted by atomic mass is 16.5. The predicted octanol–water partition coefficient (Wildman–Crippen LogP) is 3.74. The van der Waals surface area contributed by atoms with Crippen molar-refractivity contribution >= 4 is 12.0 Å². The lowest BCUT2D eigenvalue weighted by Crippen LogP contribution is -2.16. The highest BCUT2D eigenvalue weighted by molar-refractivity contribution is 5.78. The van der Waals surface area contributed by atoms with Crippen LogP contribution in [0.4, 0.5) is 0 Å². The molecule has 0 N–H and O–H groups in total. The molecular weight excluding hydrogens is 224 g/mol. The Morgan fingerprint density at radius 3 is 2.78 bits per heavy atom. The van der Waals surface area contributed by atoms with E-state index in [-0.39, 0.29) is 11.9 Å². The monoisotopic (exact) mass is 244 g/mol. The Bertz CT molecular complexity index is 443. The molecule has 2 rings (SSSR count). The van der Waals surface area contributed by atoms with E-state index < -0.39 is 0 Å². The average Bonchev–Trinajstić information content (AvgIpc) is 2.81. The number of esters is 1. The van der Waals surface area contributed by atoms with Crippen molar-refractivity contribution in [1.29, 1.82) is 0 Å². The molecule has 1 saturated carbocycles. The van der Waals surface area contributed by atoms with Crippen molar-refractivity contribution in [3.63, 3.8) is 0 Å². The van der Waals surface area contributed by atoms with E-state index in [1.165, 1.54) is 16.7 Å². The molecule has 96 valence electrons. The summed E-state index contributed by atoms with van der Waals surface area (Å²) in [5, 5.41) is 0. The number of ether oxygens (including phenoxy) is 1. The zero-order valence-corrected chi connectivity index (χ0v) is 11.1. The quantitative estimate of drug-likeness (QED) is 0.757. The molecule has 18 heavy (non-hydrogen) atoms. The first-order chi connectivity index (χ1) is 8.70. The molecule has 1 atom stereocenters. The van der Waals surface area contributed by atoms with Gasteiger partial charge < -0.3 is 4.74 Å². The molecule has 1 aliphatic rings. The Morgan fingerprint density at radius 2 is 2.11 bits per heavy atom. The molecule has 2 heteroatoms. The van der Waals surface area contributed by atoms with E-state index in [9.17, 15) is 4.79 Å². The van der Waals surface area contributed by atoms with Gasteiger partial charge in [-0.3, -0.25) is 4.79 Å². The van der Waals surface area contributed by atoms with Crippen molar-refractivity contribution in [1.82, 2.24) is 0 Å². The Morgan fingerprint density at radius 1 is 1.39 bits per heavy atom. The van der Waals surface area contributed by atoms with E-state index in [0.29, 0.717) is 6.61 Å². The summed E-state index contributed by atoms with van der Waals surface area (Å²) < 4.78 is 5.13. The van der Waals surface area contributed by atoms with E-state index in [1.807, 2.05) is 6.92 Å². The van der Waals surface area contributed by atoms with Crippen molar-refractivity contribution in [3.8, 4) is 0 Å². The SMILES string of the molecule is CCOC(=O)C1CCCC1=Cc1ccc(C)cc1. The summed E-state index contributed by atoms with van der Waals surface area (Å²) in [4.78, 5) is 11.8. The molecule has 0 heterocycles. The Hall–Kier alpha value is -1.57. The summed E-state index contributed by atoms with van der Waals surface area (Å²) in [5.74, 6) is -0.0837. The average molecular weight is 244 g/mol. The maximum absolute atomic E-state index is 11.8. The number of aryl methyl sites for hydroxylation is 1. The maximum Gasteiger partial charge on any atom is 0.313 e. The molecule has 0 bridgehead atoms. The Kier molecular flexibility index (Phi) is 4.19. The summed E-state index contributed by atoms with van der Waals surface area (Å²) in [7, 11) is 0. The van der Waals surface area contributed by atoms with Gasteiger partial charge in [0.1, 0.15) is 0 Å². The van der Waals surface area contributed by atoms with Crippen molar-refractivity contribution < 1.29 is 9.53 Å². The standard InChI is InChI=1S/C16H20O2/c1-3-18-16(17)15-6-4-5-14(15)11-13-9-7-12(2)8-10-13/h7-11,15H,3-6H2,1-2H3. The highest BCUT2D eigenvalue weighted by Crippen LogP contribution is 2.33. The van der Waals surface area contributed by atoms with E-state index in [4.69, 9.17) is 4.74 Å². The maximum atomic E-state index is 11.8. The van der Waals surface area contributed by atoms with Crippen LogP contribution in [-0.4, -0.2) is 12.6 Å². The zero-order chi connectivity index (χ0) is 13.0. The molecular formula is C16H20O2. The van der Waals surface area contributed by atoms with Gasteiger partial charge in [0, 0.05) is 0 Å². The minimum absolute atomic E-state index is 0.0220. The van der Waals surface area contributed by atoms with Crippen LogP contribution >= 0.6 is 0 Å². The van der Waals surface area contributed by atoms with Gasteiger partial charge in [0.2, 0.25) is 0 Å². The predicted molar refractivity (Wildman–Crippen MR) is 73.1 cm³/mol. The molecule has 0 amide bonds. The molecule has 1 aliphatic carbocycles. The number of hydrogen-bond acceptors (Lipinski definition) is 2. The molecule has 0 aromatic heterocycles. The minimum Gasteiger partial charge on any atom is -0.466 e. The molecule has 1 aromatic carbocycles. The molecule has 0 spiro atoms. The first-order valence-electron chi connectivity index (χ1n) is 6.64. The Labute approximate surface area is 109 Å². The van der Waals surface area contributed by atoms with E-state index >= 15 is 0 Å². The molecule has 1 fully saturated rings. The molecule has 2 nitrogen and oxygen atoms in total. The van der Waals surface area contributed by atoms with Gasteiger partial charge in [-0.15, -0.1) is 0 Å². The summed E-state index contributed by atoms with van der Waals surface area (Å²) in [5.41, 5.74) is 3.65. The van der Waals surface area contributed by atoms with Crippen LogP contribution in [-0.2, 0) is 9.53 Å². The van der Waals surface area contributed by atoms with Gasteiger partial charge in [-0.2, -0.15) is 0 Å². The lowest BCUT2D eigenvalue weighted by molar-refractivity contribution is -0.146. The van der Waals surface area contributed by atoms with E-state index in [0.717, 1.165) is 19.3 Å². The normalized spacial score (nSPS) is 21.2. The van der Waals surface area contributed by atoms with Gasteiger partial charge >= 0.3 is 5.97 Å². The fourth-order valence-electron chi connectivity index (χ4n) is 2.43. The summed E-state index contributed by atoms with van der Waals surface area (Å²) >= 11 is 0. The molecule has 0 aliphatic heterocycles. The second-order valence-corrected chi connectivity index (χ2v) is 4.83. The molecule has 1 unspecified atom stereocenters. The van der Waals surface area contributed by atoms with Crippen LogP contribution in [0.2, 0.25) is 0 Å². The van der Waals surface area contributed by atoms with Gasteiger partial charge in [-0.25, -0.2) is 0 Å². The van der Waals surface area contributed by atoms with Crippen LogP contribution < -0.4 is 0 Å². The molecule has 0 saturated heterocycles. The van der Waals surface area contributed by atoms with E-state index in [1.54, 1.807) is 0 Å². The topological polar surface area (TPSA) is 26.3 Å². The third-order valence-corrected chi connectivity index (χ3v) is 3.41. The number of carbonyl (C=O) groups is 1.